The molecule has 0 saturated carbocycles. The molecule has 1 heterocycles. The maximum atomic E-state index is 13.3. The van der Waals surface area contributed by atoms with Crippen molar-refractivity contribution in [1.29, 1.82) is 0 Å². The van der Waals surface area contributed by atoms with Crippen LogP contribution in [0.15, 0.2) is 44.5 Å². The van der Waals surface area contributed by atoms with Gasteiger partial charge in [0.1, 0.15) is 5.82 Å². The number of nitrogens with two attached hydrogens (primary N) is 1. The van der Waals surface area contributed by atoms with Gasteiger partial charge in [-0.2, -0.15) is 0 Å². The zero-order chi connectivity index (χ0) is 14.9. The molecule has 0 aliphatic heterocycles. The second-order valence-electron chi connectivity index (χ2n) is 3.78. The minimum atomic E-state index is -4.06. The molecule has 2 aromatic rings. The highest BCUT2D eigenvalue weighted by Crippen LogP contribution is 2.21. The minimum Gasteiger partial charge on any atom is -0.457 e. The van der Waals surface area contributed by atoms with Crippen LogP contribution in [-0.4, -0.2) is 14.3 Å². The predicted molar refractivity (Wildman–Crippen MR) is 72.1 cm³/mol. The molecule has 0 saturated heterocycles. The molecule has 0 aliphatic rings. The Labute approximate surface area is 121 Å². The third-order valence-corrected chi connectivity index (χ3v) is 3.83. The number of benzene rings is 1. The van der Waals surface area contributed by atoms with Gasteiger partial charge in [0.05, 0.1) is 16.7 Å². The van der Waals surface area contributed by atoms with Gasteiger partial charge in [0.25, 0.3) is 5.91 Å². The zero-order valence-electron chi connectivity index (χ0n) is 9.76. The first kappa shape index (κ1) is 14.7. The van der Waals surface area contributed by atoms with Crippen molar-refractivity contribution in [2.75, 3.05) is 5.32 Å². The van der Waals surface area contributed by atoms with Crippen molar-refractivity contribution in [2.45, 2.75) is 4.90 Å². The molecule has 0 spiro atoms. The lowest BCUT2D eigenvalue weighted by Gasteiger charge is -2.06. The number of rotatable bonds is 3. The summed E-state index contributed by atoms with van der Waals surface area (Å²) in [5.41, 5.74) is 0.151. The summed E-state index contributed by atoms with van der Waals surface area (Å²) in [4.78, 5) is 11.4. The maximum absolute atomic E-state index is 13.3. The van der Waals surface area contributed by atoms with E-state index in [1.54, 1.807) is 0 Å². The van der Waals surface area contributed by atoms with E-state index >= 15 is 0 Å². The maximum Gasteiger partial charge on any atom is 0.260 e. The fraction of sp³-hybridized carbons (Fsp3) is 0. The molecular formula is C11H8BrFN2O4S. The van der Waals surface area contributed by atoms with Crippen molar-refractivity contribution in [3.05, 3.63) is 46.6 Å². The summed E-state index contributed by atoms with van der Waals surface area (Å²) in [5.74, 6) is -1.42. The summed E-state index contributed by atoms with van der Waals surface area (Å²) < 4.78 is 40.8. The third kappa shape index (κ3) is 3.24. The highest BCUT2D eigenvalue weighted by Gasteiger charge is 2.15. The Morgan fingerprint density at radius 1 is 1.35 bits per heavy atom. The van der Waals surface area contributed by atoms with E-state index in [1.165, 1.54) is 12.3 Å². The van der Waals surface area contributed by atoms with Crippen LogP contribution in [0.25, 0.3) is 0 Å². The van der Waals surface area contributed by atoms with E-state index in [2.05, 4.69) is 21.2 Å². The number of primary sulfonamides is 1. The van der Waals surface area contributed by atoms with E-state index < -0.39 is 26.6 Å². The standard InChI is InChI=1S/C11H8BrFN2O4S/c12-10-9(1-2-19-10)11(16)15-7-3-6(13)4-8(5-7)20(14,17)18/h1-5H,(H,15,16)(H2,14,17,18). The normalized spacial score (nSPS) is 11.3. The average Bonchev–Trinajstić information content (AvgIpc) is 2.73. The van der Waals surface area contributed by atoms with E-state index in [-0.39, 0.29) is 15.9 Å². The van der Waals surface area contributed by atoms with Crippen molar-refractivity contribution in [2.24, 2.45) is 5.14 Å². The summed E-state index contributed by atoms with van der Waals surface area (Å²) in [5, 5.41) is 7.26. The molecule has 6 nitrogen and oxygen atoms in total. The molecule has 0 fully saturated rings. The Hall–Kier alpha value is -1.71. The third-order valence-electron chi connectivity index (χ3n) is 2.32. The Bertz CT molecular complexity index is 772. The highest BCUT2D eigenvalue weighted by molar-refractivity contribution is 9.10. The van der Waals surface area contributed by atoms with Crippen molar-refractivity contribution >= 4 is 37.5 Å². The molecule has 0 radical (unpaired) electrons. The van der Waals surface area contributed by atoms with Crippen LogP contribution < -0.4 is 10.5 Å². The largest absolute Gasteiger partial charge is 0.457 e. The molecule has 106 valence electrons. The van der Waals surface area contributed by atoms with E-state index in [0.29, 0.717) is 0 Å². The van der Waals surface area contributed by atoms with Crippen molar-refractivity contribution < 1.29 is 22.0 Å². The van der Waals surface area contributed by atoms with Crippen molar-refractivity contribution in [3.63, 3.8) is 0 Å². The molecule has 0 unspecified atom stereocenters. The lowest BCUT2D eigenvalue weighted by atomic mass is 10.2. The first-order valence-electron chi connectivity index (χ1n) is 5.15. The monoisotopic (exact) mass is 362 g/mol. The molecule has 0 aliphatic carbocycles. The van der Waals surface area contributed by atoms with Gasteiger partial charge < -0.3 is 9.73 Å². The number of furan rings is 1. The molecule has 2 rings (SSSR count). The van der Waals surface area contributed by atoms with Gasteiger partial charge >= 0.3 is 0 Å². The molecule has 1 amide bonds. The number of hydrogen-bond acceptors (Lipinski definition) is 4. The summed E-state index contributed by atoms with van der Waals surface area (Å²) in [6.45, 7) is 0. The smallest absolute Gasteiger partial charge is 0.260 e. The van der Waals surface area contributed by atoms with E-state index in [0.717, 1.165) is 18.2 Å². The summed E-state index contributed by atoms with van der Waals surface area (Å²) in [6.07, 6.45) is 1.29. The average molecular weight is 363 g/mol. The Morgan fingerprint density at radius 3 is 2.60 bits per heavy atom. The molecule has 20 heavy (non-hydrogen) atoms. The first-order chi connectivity index (χ1) is 9.27. The Morgan fingerprint density at radius 2 is 2.05 bits per heavy atom. The molecule has 9 heteroatoms. The second kappa shape index (κ2) is 5.35. The van der Waals surface area contributed by atoms with Gasteiger partial charge in [-0.25, -0.2) is 17.9 Å². The van der Waals surface area contributed by atoms with Gasteiger partial charge in [0.2, 0.25) is 10.0 Å². The predicted octanol–water partition coefficient (Wildman–Crippen LogP) is 2.08. The molecular weight excluding hydrogens is 355 g/mol. The van der Waals surface area contributed by atoms with Crippen LogP contribution in [0.3, 0.4) is 0 Å². The van der Waals surface area contributed by atoms with E-state index in [9.17, 15) is 17.6 Å². The van der Waals surface area contributed by atoms with Gasteiger partial charge in [0.15, 0.2) is 4.67 Å². The SMILES string of the molecule is NS(=O)(=O)c1cc(F)cc(NC(=O)c2ccoc2Br)c1. The number of carbonyl (C=O) groups excluding carboxylic acids is 1. The van der Waals surface area contributed by atoms with Crippen LogP contribution in [0.2, 0.25) is 0 Å². The van der Waals surface area contributed by atoms with E-state index in [4.69, 9.17) is 9.56 Å². The number of halogens is 2. The molecule has 1 aromatic carbocycles. The van der Waals surface area contributed by atoms with Crippen LogP contribution in [0.4, 0.5) is 10.1 Å². The minimum absolute atomic E-state index is 0.0351. The number of carbonyl (C=O) groups is 1. The lowest BCUT2D eigenvalue weighted by molar-refractivity contribution is 0.102. The van der Waals surface area contributed by atoms with Crippen LogP contribution >= 0.6 is 15.9 Å². The summed E-state index contributed by atoms with van der Waals surface area (Å²) in [6, 6.07) is 4.20. The Kier molecular flexibility index (Phi) is 3.93. The van der Waals surface area contributed by atoms with Gasteiger partial charge in [0, 0.05) is 5.69 Å². The number of hydrogen-bond donors (Lipinski definition) is 2. The van der Waals surface area contributed by atoms with Gasteiger partial charge in [-0.15, -0.1) is 0 Å². The lowest BCUT2D eigenvalue weighted by Crippen LogP contribution is -2.15. The molecule has 0 atom stereocenters. The van der Waals surface area contributed by atoms with Gasteiger partial charge in [-0.1, -0.05) is 0 Å². The summed E-state index contributed by atoms with van der Waals surface area (Å²) in [7, 11) is -4.06. The van der Waals surface area contributed by atoms with Crippen molar-refractivity contribution in [3.8, 4) is 0 Å². The fourth-order valence-corrected chi connectivity index (χ4v) is 2.44. The fourth-order valence-electron chi connectivity index (χ4n) is 1.45. The summed E-state index contributed by atoms with van der Waals surface area (Å²) >= 11 is 3.02. The van der Waals surface area contributed by atoms with E-state index in [1.807, 2.05) is 0 Å². The highest BCUT2D eigenvalue weighted by atomic mass is 79.9. The Balaban J connectivity index is 2.33. The molecule has 0 bridgehead atoms. The van der Waals surface area contributed by atoms with Gasteiger partial charge in [-0.3, -0.25) is 4.79 Å². The number of sulfonamides is 1. The molecule has 3 N–H and O–H groups in total. The number of amides is 1. The second-order valence-corrected chi connectivity index (χ2v) is 6.06. The van der Waals surface area contributed by atoms with Crippen molar-refractivity contribution in [1.82, 2.24) is 0 Å². The van der Waals surface area contributed by atoms with Crippen LogP contribution in [0.1, 0.15) is 10.4 Å². The topological polar surface area (TPSA) is 102 Å². The van der Waals surface area contributed by atoms with Crippen LogP contribution in [0, 0.1) is 5.82 Å². The van der Waals surface area contributed by atoms with Crippen LogP contribution in [-0.2, 0) is 10.0 Å². The quantitative estimate of drug-likeness (QED) is 0.872. The van der Waals surface area contributed by atoms with Crippen LogP contribution in [0.5, 0.6) is 0 Å². The van der Waals surface area contributed by atoms with Gasteiger partial charge in [-0.05, 0) is 40.2 Å². The number of anilines is 1. The first-order valence-corrected chi connectivity index (χ1v) is 7.49. The number of nitrogens with one attached hydrogen (secondary N) is 1. The zero-order valence-corrected chi connectivity index (χ0v) is 12.2. The molecule has 1 aromatic heterocycles.